The van der Waals surface area contributed by atoms with Crippen LogP contribution in [0.3, 0.4) is 0 Å². The van der Waals surface area contributed by atoms with Crippen molar-refractivity contribution in [1.82, 2.24) is 15.2 Å². The Balaban J connectivity index is 1.63. The Morgan fingerprint density at radius 3 is 2.92 bits per heavy atom. The predicted octanol–water partition coefficient (Wildman–Crippen LogP) is 4.02. The molecule has 26 heavy (non-hydrogen) atoms. The van der Waals surface area contributed by atoms with Crippen LogP contribution in [0.4, 0.5) is 9.52 Å². The first-order valence-electron chi connectivity index (χ1n) is 7.76. The lowest BCUT2D eigenvalue weighted by Gasteiger charge is -2.07. The lowest BCUT2D eigenvalue weighted by atomic mass is 10.2. The zero-order valence-electron chi connectivity index (χ0n) is 13.8. The SMILES string of the molecule is CCOc1ncccc1C(=O)Nc1nnc(SCc2ccccc2F)s1. The molecular weight excluding hydrogens is 375 g/mol. The molecule has 0 unspecified atom stereocenters. The predicted molar refractivity (Wildman–Crippen MR) is 99.2 cm³/mol. The molecule has 0 saturated carbocycles. The number of hydrogen-bond donors (Lipinski definition) is 1. The number of carbonyl (C=O) groups is 1. The van der Waals surface area contributed by atoms with Gasteiger partial charge in [-0.2, -0.15) is 0 Å². The summed E-state index contributed by atoms with van der Waals surface area (Å²) >= 11 is 2.58. The molecule has 0 radical (unpaired) electrons. The van der Waals surface area contributed by atoms with E-state index in [1.54, 1.807) is 36.5 Å². The van der Waals surface area contributed by atoms with E-state index < -0.39 is 0 Å². The van der Waals surface area contributed by atoms with Crippen molar-refractivity contribution in [2.75, 3.05) is 11.9 Å². The number of nitrogens with zero attached hydrogens (tertiary/aromatic N) is 3. The van der Waals surface area contributed by atoms with Gasteiger partial charge in [-0.05, 0) is 30.7 Å². The Labute approximate surface area is 157 Å². The second kappa shape index (κ2) is 8.72. The third kappa shape index (κ3) is 4.55. The normalized spacial score (nSPS) is 10.5. The zero-order valence-corrected chi connectivity index (χ0v) is 15.4. The van der Waals surface area contributed by atoms with E-state index in [0.29, 0.717) is 33.0 Å². The molecule has 9 heteroatoms. The summed E-state index contributed by atoms with van der Waals surface area (Å²) < 4.78 is 19.6. The van der Waals surface area contributed by atoms with Gasteiger partial charge in [-0.15, -0.1) is 10.2 Å². The van der Waals surface area contributed by atoms with Crippen LogP contribution in [0.15, 0.2) is 46.9 Å². The number of aromatic nitrogens is 3. The van der Waals surface area contributed by atoms with E-state index in [1.807, 2.05) is 6.92 Å². The number of ether oxygens (including phenoxy) is 1. The minimum absolute atomic E-state index is 0.252. The first-order chi connectivity index (χ1) is 12.7. The Morgan fingerprint density at radius 1 is 1.27 bits per heavy atom. The van der Waals surface area contributed by atoms with Crippen molar-refractivity contribution in [1.29, 1.82) is 0 Å². The number of carbonyl (C=O) groups excluding carboxylic acids is 1. The fourth-order valence-electron chi connectivity index (χ4n) is 2.05. The molecule has 3 aromatic rings. The van der Waals surface area contributed by atoms with Crippen molar-refractivity contribution < 1.29 is 13.9 Å². The van der Waals surface area contributed by atoms with E-state index in [2.05, 4.69) is 20.5 Å². The van der Waals surface area contributed by atoms with Crippen molar-refractivity contribution >= 4 is 34.1 Å². The van der Waals surface area contributed by atoms with Gasteiger partial charge in [-0.3, -0.25) is 10.1 Å². The van der Waals surface area contributed by atoms with Crippen LogP contribution < -0.4 is 10.1 Å². The average molecular weight is 390 g/mol. The van der Waals surface area contributed by atoms with Crippen molar-refractivity contribution in [3.8, 4) is 5.88 Å². The van der Waals surface area contributed by atoms with Gasteiger partial charge in [0.1, 0.15) is 11.4 Å². The van der Waals surface area contributed by atoms with Gasteiger partial charge in [0, 0.05) is 11.9 Å². The molecule has 2 heterocycles. The summed E-state index contributed by atoms with van der Waals surface area (Å²) in [5, 5.41) is 11.0. The minimum Gasteiger partial charge on any atom is -0.477 e. The largest absolute Gasteiger partial charge is 0.477 e. The molecule has 0 aliphatic rings. The minimum atomic E-state index is -0.372. The molecule has 6 nitrogen and oxygen atoms in total. The summed E-state index contributed by atoms with van der Waals surface area (Å²) in [4.78, 5) is 16.4. The molecule has 0 spiro atoms. The molecule has 0 fully saturated rings. The highest BCUT2D eigenvalue weighted by molar-refractivity contribution is 8.00. The van der Waals surface area contributed by atoms with Gasteiger partial charge >= 0.3 is 0 Å². The third-order valence-electron chi connectivity index (χ3n) is 3.23. The van der Waals surface area contributed by atoms with Gasteiger partial charge < -0.3 is 4.74 Å². The first kappa shape index (κ1) is 18.3. The van der Waals surface area contributed by atoms with Crippen LogP contribution in [0.2, 0.25) is 0 Å². The second-order valence-electron chi connectivity index (χ2n) is 5.00. The van der Waals surface area contributed by atoms with Crippen LogP contribution >= 0.6 is 23.1 Å². The van der Waals surface area contributed by atoms with E-state index in [-0.39, 0.29) is 17.6 Å². The summed E-state index contributed by atoms with van der Waals surface area (Å²) in [7, 11) is 0. The zero-order chi connectivity index (χ0) is 18.4. The van der Waals surface area contributed by atoms with Gasteiger partial charge in [-0.1, -0.05) is 41.3 Å². The maximum absolute atomic E-state index is 13.6. The number of pyridine rings is 1. The quantitative estimate of drug-likeness (QED) is 0.485. The standard InChI is InChI=1S/C17H15FN4O2S2/c1-2-24-15-12(7-5-9-19-15)14(23)20-16-21-22-17(26-16)25-10-11-6-3-4-8-13(11)18/h3-9H,2,10H2,1H3,(H,20,21,23). The highest BCUT2D eigenvalue weighted by Crippen LogP contribution is 2.29. The van der Waals surface area contributed by atoms with Gasteiger partial charge in [0.25, 0.3) is 5.91 Å². The van der Waals surface area contributed by atoms with E-state index in [1.165, 1.54) is 29.2 Å². The Morgan fingerprint density at radius 2 is 2.12 bits per heavy atom. The van der Waals surface area contributed by atoms with Gasteiger partial charge in [0.2, 0.25) is 11.0 Å². The number of hydrogen-bond acceptors (Lipinski definition) is 7. The van der Waals surface area contributed by atoms with E-state index in [9.17, 15) is 9.18 Å². The number of halogens is 1. The van der Waals surface area contributed by atoms with Crippen LogP contribution in [0.5, 0.6) is 5.88 Å². The molecule has 2 aromatic heterocycles. The number of amides is 1. The maximum atomic E-state index is 13.6. The maximum Gasteiger partial charge on any atom is 0.262 e. The van der Waals surface area contributed by atoms with Crippen molar-refractivity contribution in [3.63, 3.8) is 0 Å². The monoisotopic (exact) mass is 390 g/mol. The van der Waals surface area contributed by atoms with Gasteiger partial charge in [0.15, 0.2) is 4.34 Å². The van der Waals surface area contributed by atoms with Crippen LogP contribution in [0, 0.1) is 5.82 Å². The number of rotatable bonds is 7. The topological polar surface area (TPSA) is 77.0 Å². The molecule has 3 rings (SSSR count). The summed E-state index contributed by atoms with van der Waals surface area (Å²) in [5.74, 6) is 0.0828. The van der Waals surface area contributed by atoms with Crippen LogP contribution in [0.25, 0.3) is 0 Å². The highest BCUT2D eigenvalue weighted by Gasteiger charge is 2.16. The van der Waals surface area contributed by atoms with Crippen molar-refractivity contribution in [3.05, 3.63) is 59.5 Å². The molecular formula is C17H15FN4O2S2. The summed E-state index contributed by atoms with van der Waals surface area (Å²) in [6, 6.07) is 9.87. The average Bonchev–Trinajstić information content (AvgIpc) is 3.09. The molecule has 0 aliphatic carbocycles. The summed E-state index contributed by atoms with van der Waals surface area (Å²) in [6.45, 7) is 2.23. The second-order valence-corrected chi connectivity index (χ2v) is 7.20. The Kier molecular flexibility index (Phi) is 6.13. The smallest absolute Gasteiger partial charge is 0.262 e. The number of benzene rings is 1. The summed E-state index contributed by atoms with van der Waals surface area (Å²) in [6.07, 6.45) is 1.56. The fourth-order valence-corrected chi connectivity index (χ4v) is 3.79. The van der Waals surface area contributed by atoms with E-state index >= 15 is 0 Å². The van der Waals surface area contributed by atoms with Crippen LogP contribution in [0.1, 0.15) is 22.8 Å². The van der Waals surface area contributed by atoms with E-state index in [0.717, 1.165) is 0 Å². The van der Waals surface area contributed by atoms with Gasteiger partial charge in [0.05, 0.1) is 6.61 Å². The Bertz CT molecular complexity index is 904. The third-order valence-corrected chi connectivity index (χ3v) is 5.25. The van der Waals surface area contributed by atoms with Gasteiger partial charge in [-0.25, -0.2) is 9.37 Å². The van der Waals surface area contributed by atoms with Crippen molar-refractivity contribution in [2.45, 2.75) is 17.0 Å². The molecule has 1 N–H and O–H groups in total. The lowest BCUT2D eigenvalue weighted by Crippen LogP contribution is -2.14. The van der Waals surface area contributed by atoms with E-state index in [4.69, 9.17) is 4.74 Å². The number of nitrogens with one attached hydrogen (secondary N) is 1. The first-order valence-corrected chi connectivity index (χ1v) is 9.56. The molecule has 0 bridgehead atoms. The highest BCUT2D eigenvalue weighted by atomic mass is 32.2. The molecule has 1 aromatic carbocycles. The fraction of sp³-hybridized carbons (Fsp3) is 0.176. The summed E-state index contributed by atoms with van der Waals surface area (Å²) in [5.41, 5.74) is 0.917. The molecule has 1 amide bonds. The molecule has 0 saturated heterocycles. The van der Waals surface area contributed by atoms with Crippen LogP contribution in [-0.2, 0) is 5.75 Å². The lowest BCUT2D eigenvalue weighted by molar-refractivity contribution is 0.102. The number of thioether (sulfide) groups is 1. The molecule has 0 atom stereocenters. The number of anilines is 1. The molecule has 134 valence electrons. The van der Waals surface area contributed by atoms with Crippen molar-refractivity contribution in [2.24, 2.45) is 0 Å². The Hall–Kier alpha value is -2.52. The van der Waals surface area contributed by atoms with Crippen LogP contribution in [-0.4, -0.2) is 27.7 Å². The molecule has 0 aliphatic heterocycles.